The van der Waals surface area contributed by atoms with E-state index in [-0.39, 0.29) is 23.0 Å². The van der Waals surface area contributed by atoms with Gasteiger partial charge in [0, 0.05) is 13.6 Å². The average Bonchev–Trinajstić information content (AvgIpc) is 2.93. The van der Waals surface area contributed by atoms with Gasteiger partial charge in [-0.1, -0.05) is 36.8 Å². The third-order valence-electron chi connectivity index (χ3n) is 6.22. The number of hydrogen-bond acceptors (Lipinski definition) is 5. The Kier molecular flexibility index (Phi) is 10.1. The molecule has 0 radical (unpaired) electrons. The van der Waals surface area contributed by atoms with Gasteiger partial charge in [0.25, 0.3) is 10.0 Å². The van der Waals surface area contributed by atoms with E-state index in [1.165, 1.54) is 11.9 Å². The zero-order valence-electron chi connectivity index (χ0n) is 22.6. The molecule has 0 saturated heterocycles. The third kappa shape index (κ3) is 7.35. The lowest BCUT2D eigenvalue weighted by atomic mass is 10.1. The fourth-order valence-electron chi connectivity index (χ4n) is 4.11. The molecule has 0 saturated carbocycles. The summed E-state index contributed by atoms with van der Waals surface area (Å²) in [6, 6.07) is 17.4. The van der Waals surface area contributed by atoms with Gasteiger partial charge in [-0.2, -0.15) is 0 Å². The van der Waals surface area contributed by atoms with Gasteiger partial charge in [-0.15, -0.1) is 0 Å². The van der Waals surface area contributed by atoms with Gasteiger partial charge in [-0.25, -0.2) is 12.8 Å². The van der Waals surface area contributed by atoms with Crippen molar-refractivity contribution < 1.29 is 27.1 Å². The van der Waals surface area contributed by atoms with Crippen molar-refractivity contribution >= 4 is 27.5 Å². The Morgan fingerprint density at radius 3 is 2.10 bits per heavy atom. The lowest BCUT2D eigenvalue weighted by Gasteiger charge is -2.33. The average molecular weight is 556 g/mol. The quantitative estimate of drug-likeness (QED) is 0.360. The Bertz CT molecular complexity index is 1360. The molecule has 0 aliphatic heterocycles. The second-order valence-corrected chi connectivity index (χ2v) is 10.8. The highest BCUT2D eigenvalue weighted by molar-refractivity contribution is 7.92. The zero-order valence-corrected chi connectivity index (χ0v) is 23.4. The summed E-state index contributed by atoms with van der Waals surface area (Å²) in [4.78, 5) is 27.8. The van der Waals surface area contributed by atoms with Crippen LogP contribution in [0.4, 0.5) is 10.1 Å². The van der Waals surface area contributed by atoms with E-state index in [0.29, 0.717) is 18.8 Å². The first-order chi connectivity index (χ1) is 18.6. The van der Waals surface area contributed by atoms with Gasteiger partial charge in [0.1, 0.15) is 24.2 Å². The number of halogens is 1. The van der Waals surface area contributed by atoms with E-state index in [2.05, 4.69) is 5.32 Å². The van der Waals surface area contributed by atoms with Crippen LogP contribution in [0, 0.1) is 12.7 Å². The Hall–Kier alpha value is -3.92. The van der Waals surface area contributed by atoms with E-state index in [4.69, 9.17) is 4.74 Å². The highest BCUT2D eigenvalue weighted by Crippen LogP contribution is 2.27. The van der Waals surface area contributed by atoms with Crippen LogP contribution in [0.5, 0.6) is 5.75 Å². The molecular formula is C29H34FN3O5S. The first kappa shape index (κ1) is 29.6. The third-order valence-corrected chi connectivity index (χ3v) is 8.01. The Morgan fingerprint density at radius 2 is 1.56 bits per heavy atom. The summed E-state index contributed by atoms with van der Waals surface area (Å²) < 4.78 is 47.5. The van der Waals surface area contributed by atoms with E-state index >= 15 is 0 Å². The van der Waals surface area contributed by atoms with Crippen LogP contribution in [0.15, 0.2) is 77.7 Å². The van der Waals surface area contributed by atoms with Crippen molar-refractivity contribution in [3.63, 3.8) is 0 Å². The van der Waals surface area contributed by atoms with Gasteiger partial charge >= 0.3 is 0 Å². The van der Waals surface area contributed by atoms with Crippen LogP contribution in [0.3, 0.4) is 0 Å². The van der Waals surface area contributed by atoms with Crippen LogP contribution < -0.4 is 14.4 Å². The van der Waals surface area contributed by atoms with Crippen LogP contribution in [0.1, 0.15) is 31.4 Å². The summed E-state index contributed by atoms with van der Waals surface area (Å²) >= 11 is 0. The molecule has 3 aromatic rings. The van der Waals surface area contributed by atoms with E-state index in [0.717, 1.165) is 39.7 Å². The highest BCUT2D eigenvalue weighted by Gasteiger charge is 2.33. The Labute approximate surface area is 229 Å². The zero-order chi connectivity index (χ0) is 28.6. The summed E-state index contributed by atoms with van der Waals surface area (Å²) in [6.07, 6.45) is 0.324. The molecule has 0 aliphatic rings. The van der Waals surface area contributed by atoms with Crippen LogP contribution >= 0.6 is 0 Å². The maximum Gasteiger partial charge on any atom is 0.264 e. The first-order valence-electron chi connectivity index (χ1n) is 12.7. The molecule has 2 amide bonds. The van der Waals surface area contributed by atoms with Gasteiger partial charge in [0.15, 0.2) is 0 Å². The smallest absolute Gasteiger partial charge is 0.264 e. The predicted molar refractivity (Wildman–Crippen MR) is 148 cm³/mol. The van der Waals surface area contributed by atoms with E-state index in [1.807, 2.05) is 38.1 Å². The fraction of sp³-hybridized carbons (Fsp3) is 0.310. The number of benzene rings is 3. The summed E-state index contributed by atoms with van der Waals surface area (Å²) in [5, 5.41) is 2.60. The molecule has 208 valence electrons. The fourth-order valence-corrected chi connectivity index (χ4v) is 5.53. The van der Waals surface area contributed by atoms with Crippen molar-refractivity contribution in [2.45, 2.75) is 44.7 Å². The number of nitrogens with one attached hydrogen (secondary N) is 1. The van der Waals surface area contributed by atoms with Crippen molar-refractivity contribution in [3.05, 3.63) is 89.7 Å². The first-order valence-corrected chi connectivity index (χ1v) is 14.1. The normalized spacial score (nSPS) is 11.9. The van der Waals surface area contributed by atoms with Crippen molar-refractivity contribution in [3.8, 4) is 5.75 Å². The number of amides is 2. The van der Waals surface area contributed by atoms with Crippen molar-refractivity contribution in [1.29, 1.82) is 0 Å². The SMILES string of the molecule is CCOc1ccc(N(CC(=O)N(Cc2ccc(C)cc2)C(CC)C(=O)NC)S(=O)(=O)c2ccc(F)cc2)cc1. The van der Waals surface area contributed by atoms with E-state index in [1.54, 1.807) is 31.2 Å². The molecule has 0 aliphatic carbocycles. The van der Waals surface area contributed by atoms with Crippen LogP contribution in [0.25, 0.3) is 0 Å². The Morgan fingerprint density at radius 1 is 0.949 bits per heavy atom. The summed E-state index contributed by atoms with van der Waals surface area (Å²) in [5.74, 6) is -0.964. The molecule has 1 unspecified atom stereocenters. The van der Waals surface area contributed by atoms with Gasteiger partial charge in [0.2, 0.25) is 11.8 Å². The van der Waals surface area contributed by atoms with Crippen LogP contribution in [-0.4, -0.2) is 51.4 Å². The lowest BCUT2D eigenvalue weighted by Crippen LogP contribution is -2.51. The van der Waals surface area contributed by atoms with Gasteiger partial charge in [0.05, 0.1) is 17.2 Å². The number of sulfonamides is 1. The van der Waals surface area contributed by atoms with Crippen LogP contribution in [0.2, 0.25) is 0 Å². The highest BCUT2D eigenvalue weighted by atomic mass is 32.2. The molecule has 0 aromatic heterocycles. The second kappa shape index (κ2) is 13.2. The molecule has 39 heavy (non-hydrogen) atoms. The minimum atomic E-state index is -4.28. The maximum absolute atomic E-state index is 13.9. The number of nitrogens with zero attached hydrogens (tertiary/aromatic N) is 2. The number of likely N-dealkylation sites (N-methyl/N-ethyl adjacent to an activating group) is 1. The number of hydrogen-bond donors (Lipinski definition) is 1. The number of aryl methyl sites for hydroxylation is 1. The standard InChI is InChI=1S/C29H34FN3O5S/c1-5-27(29(35)31-4)32(19-22-9-7-21(3)8-10-22)28(34)20-33(24-13-15-25(16-14-24)38-6-2)39(36,37)26-17-11-23(30)12-18-26/h7-18,27H,5-6,19-20H2,1-4H3,(H,31,35). The van der Waals surface area contributed by atoms with E-state index < -0.39 is 34.3 Å². The molecule has 1 atom stereocenters. The van der Waals surface area contributed by atoms with Gasteiger partial charge in [-0.05, 0) is 74.4 Å². The maximum atomic E-state index is 13.9. The minimum absolute atomic E-state index is 0.110. The molecule has 10 heteroatoms. The molecule has 0 fully saturated rings. The summed E-state index contributed by atoms with van der Waals surface area (Å²) in [6.45, 7) is 5.53. The monoisotopic (exact) mass is 555 g/mol. The number of rotatable bonds is 12. The molecule has 1 N–H and O–H groups in total. The number of carbonyl (C=O) groups is 2. The predicted octanol–water partition coefficient (Wildman–Crippen LogP) is 4.28. The largest absolute Gasteiger partial charge is 0.494 e. The molecule has 0 spiro atoms. The molecule has 0 heterocycles. The minimum Gasteiger partial charge on any atom is -0.494 e. The summed E-state index contributed by atoms with van der Waals surface area (Å²) in [7, 11) is -2.79. The number of carbonyl (C=O) groups excluding carboxylic acids is 2. The van der Waals surface area contributed by atoms with Crippen molar-refractivity contribution in [2.75, 3.05) is 24.5 Å². The summed E-state index contributed by atoms with van der Waals surface area (Å²) in [5.41, 5.74) is 2.06. The molecule has 0 bridgehead atoms. The number of anilines is 1. The van der Waals surface area contributed by atoms with Gasteiger partial charge < -0.3 is 15.0 Å². The van der Waals surface area contributed by atoms with Crippen LogP contribution in [-0.2, 0) is 26.2 Å². The Balaban J connectivity index is 2.05. The molecular weight excluding hydrogens is 521 g/mol. The topological polar surface area (TPSA) is 96.0 Å². The molecule has 3 aromatic carbocycles. The van der Waals surface area contributed by atoms with Gasteiger partial charge in [-0.3, -0.25) is 13.9 Å². The molecule has 8 nitrogen and oxygen atoms in total. The van der Waals surface area contributed by atoms with Crippen molar-refractivity contribution in [1.82, 2.24) is 10.2 Å². The van der Waals surface area contributed by atoms with E-state index in [9.17, 15) is 22.4 Å². The lowest BCUT2D eigenvalue weighted by molar-refractivity contribution is -0.140. The van der Waals surface area contributed by atoms with Crippen molar-refractivity contribution in [2.24, 2.45) is 0 Å². The second-order valence-electron chi connectivity index (χ2n) is 8.94. The molecule has 3 rings (SSSR count). The number of ether oxygens (including phenoxy) is 1.